The van der Waals surface area contributed by atoms with Crippen LogP contribution in [0.4, 0.5) is 9.52 Å². The molecule has 0 aliphatic carbocycles. The Balaban J connectivity index is 1.61. The van der Waals surface area contributed by atoms with Crippen LogP contribution in [-0.2, 0) is 10.5 Å². The summed E-state index contributed by atoms with van der Waals surface area (Å²) in [7, 11) is 0. The van der Waals surface area contributed by atoms with Gasteiger partial charge in [0.1, 0.15) is 17.8 Å². The van der Waals surface area contributed by atoms with E-state index in [1.807, 2.05) is 0 Å². The second kappa shape index (κ2) is 8.76. The summed E-state index contributed by atoms with van der Waals surface area (Å²) >= 11 is 2.45. The van der Waals surface area contributed by atoms with Crippen molar-refractivity contribution in [3.63, 3.8) is 0 Å². The number of nitrogens with one attached hydrogen (secondary N) is 1. The lowest BCUT2D eigenvalue weighted by Gasteiger charge is -2.04. The van der Waals surface area contributed by atoms with Crippen LogP contribution < -0.4 is 15.5 Å². The molecule has 0 atom stereocenters. The summed E-state index contributed by atoms with van der Waals surface area (Å²) in [6, 6.07) is 5.94. The van der Waals surface area contributed by atoms with Crippen LogP contribution in [0.2, 0.25) is 0 Å². The molecule has 144 valence electrons. The van der Waals surface area contributed by atoms with Crippen molar-refractivity contribution in [1.82, 2.24) is 10.2 Å². The normalized spacial score (nSPS) is 10.5. The van der Waals surface area contributed by atoms with E-state index in [0.29, 0.717) is 15.2 Å². The Bertz CT molecular complexity index is 1070. The molecule has 0 spiro atoms. The summed E-state index contributed by atoms with van der Waals surface area (Å²) in [4.78, 5) is 35.1. The minimum Gasteiger partial charge on any atom is -0.464 e. The van der Waals surface area contributed by atoms with Crippen molar-refractivity contribution in [2.45, 2.75) is 17.0 Å². The van der Waals surface area contributed by atoms with Crippen molar-refractivity contribution in [2.75, 3.05) is 5.32 Å². The number of hydrogen-bond acceptors (Lipinski definition) is 9. The molecule has 0 fully saturated rings. The number of carbonyl (C=O) groups is 2. The van der Waals surface area contributed by atoms with Crippen LogP contribution >= 0.6 is 23.1 Å². The number of anilines is 1. The van der Waals surface area contributed by atoms with Gasteiger partial charge in [-0.25, -0.2) is 9.18 Å². The number of rotatable bonds is 6. The molecule has 3 rings (SSSR count). The molecule has 1 amide bonds. The minimum atomic E-state index is -0.797. The summed E-state index contributed by atoms with van der Waals surface area (Å²) < 4.78 is 23.8. The molecular formula is C17H12FN3O5S2. The van der Waals surface area contributed by atoms with E-state index in [4.69, 9.17) is 9.15 Å². The Kier molecular flexibility index (Phi) is 6.16. The number of nitrogens with zero attached hydrogens (tertiary/aromatic N) is 2. The summed E-state index contributed by atoms with van der Waals surface area (Å²) in [5, 5.41) is 10.6. The van der Waals surface area contributed by atoms with E-state index in [1.165, 1.54) is 48.2 Å². The number of carbonyl (C=O) groups excluding carboxylic acids is 2. The van der Waals surface area contributed by atoms with Gasteiger partial charge in [-0.1, -0.05) is 23.1 Å². The maximum Gasteiger partial charge on any atom is 0.343 e. The highest BCUT2D eigenvalue weighted by Gasteiger charge is 2.13. The van der Waals surface area contributed by atoms with E-state index in [2.05, 4.69) is 15.5 Å². The van der Waals surface area contributed by atoms with Crippen molar-refractivity contribution in [3.05, 3.63) is 64.0 Å². The number of esters is 1. The number of halogens is 1. The monoisotopic (exact) mass is 421 g/mol. The highest BCUT2D eigenvalue weighted by atomic mass is 32.2. The maximum absolute atomic E-state index is 12.9. The average molecular weight is 421 g/mol. The van der Waals surface area contributed by atoms with Crippen LogP contribution in [0.25, 0.3) is 0 Å². The van der Waals surface area contributed by atoms with Gasteiger partial charge in [0.2, 0.25) is 22.2 Å². The summed E-state index contributed by atoms with van der Waals surface area (Å²) in [6.07, 6.45) is 1.04. The van der Waals surface area contributed by atoms with Crippen LogP contribution in [0.3, 0.4) is 0 Å². The van der Waals surface area contributed by atoms with Crippen LogP contribution in [0.1, 0.15) is 23.0 Å². The molecule has 1 aromatic carbocycles. The van der Waals surface area contributed by atoms with E-state index < -0.39 is 17.2 Å². The molecule has 2 aromatic heterocycles. The number of ether oxygens (including phenoxy) is 1. The van der Waals surface area contributed by atoms with Gasteiger partial charge in [0.15, 0.2) is 4.34 Å². The van der Waals surface area contributed by atoms with Crippen LogP contribution in [0, 0.1) is 5.82 Å². The fourth-order valence-corrected chi connectivity index (χ4v) is 3.62. The SMILES string of the molecule is CC(=O)Nc1nnc(SCc2cc(=O)c(OC(=O)c3ccc(F)cc3)co2)s1. The van der Waals surface area contributed by atoms with E-state index in [0.717, 1.165) is 18.4 Å². The van der Waals surface area contributed by atoms with Gasteiger partial charge in [-0.3, -0.25) is 9.59 Å². The molecule has 0 saturated carbocycles. The van der Waals surface area contributed by atoms with Crippen LogP contribution in [0.5, 0.6) is 5.75 Å². The van der Waals surface area contributed by atoms with Crippen molar-refractivity contribution in [2.24, 2.45) is 0 Å². The molecule has 2 heterocycles. The molecule has 0 bridgehead atoms. The fraction of sp³-hybridized carbons (Fsp3) is 0.118. The van der Waals surface area contributed by atoms with Crippen LogP contribution in [0.15, 0.2) is 50.1 Å². The Morgan fingerprint density at radius 2 is 2.04 bits per heavy atom. The highest BCUT2D eigenvalue weighted by molar-refractivity contribution is 8.00. The highest BCUT2D eigenvalue weighted by Crippen LogP contribution is 2.28. The zero-order chi connectivity index (χ0) is 20.1. The lowest BCUT2D eigenvalue weighted by atomic mass is 10.2. The van der Waals surface area contributed by atoms with Gasteiger partial charge >= 0.3 is 5.97 Å². The lowest BCUT2D eigenvalue weighted by Crippen LogP contribution is -2.14. The fourth-order valence-electron chi connectivity index (χ4n) is 1.94. The van der Waals surface area contributed by atoms with Crippen molar-refractivity contribution in [1.29, 1.82) is 0 Å². The Labute approximate surface area is 165 Å². The van der Waals surface area contributed by atoms with E-state index >= 15 is 0 Å². The first-order valence-corrected chi connectivity index (χ1v) is 9.54. The van der Waals surface area contributed by atoms with Gasteiger partial charge < -0.3 is 14.5 Å². The third kappa shape index (κ3) is 5.24. The first-order chi connectivity index (χ1) is 13.4. The smallest absolute Gasteiger partial charge is 0.343 e. The quantitative estimate of drug-likeness (QED) is 0.367. The van der Waals surface area contributed by atoms with E-state index in [9.17, 15) is 18.8 Å². The van der Waals surface area contributed by atoms with E-state index in [-0.39, 0.29) is 23.0 Å². The van der Waals surface area contributed by atoms with Gasteiger partial charge in [-0.05, 0) is 24.3 Å². The molecule has 11 heteroatoms. The number of thioether (sulfide) groups is 1. The Hall–Kier alpha value is -3.05. The van der Waals surface area contributed by atoms with Gasteiger partial charge in [0.05, 0.1) is 11.3 Å². The zero-order valence-electron chi connectivity index (χ0n) is 14.3. The Morgan fingerprint density at radius 3 is 2.71 bits per heavy atom. The summed E-state index contributed by atoms with van der Waals surface area (Å²) in [5.74, 6) is -1.17. The first-order valence-electron chi connectivity index (χ1n) is 7.74. The predicted molar refractivity (Wildman–Crippen MR) is 100 cm³/mol. The topological polar surface area (TPSA) is 111 Å². The number of aromatic nitrogens is 2. The second-order valence-corrected chi connectivity index (χ2v) is 7.51. The molecule has 0 aliphatic rings. The molecule has 3 aromatic rings. The standard InChI is InChI=1S/C17H12FN3O5S2/c1-9(22)19-16-20-21-17(28-16)27-8-12-6-13(23)14(7-25-12)26-15(24)10-2-4-11(18)5-3-10/h2-7H,8H2,1H3,(H,19,20,22). The predicted octanol–water partition coefficient (Wildman–Crippen LogP) is 3.10. The molecule has 0 saturated heterocycles. The molecule has 0 radical (unpaired) electrons. The maximum atomic E-state index is 12.9. The van der Waals surface area contributed by atoms with Gasteiger partial charge in [-0.2, -0.15) is 0 Å². The van der Waals surface area contributed by atoms with Gasteiger partial charge in [-0.15, -0.1) is 10.2 Å². The summed E-state index contributed by atoms with van der Waals surface area (Å²) in [5.41, 5.74) is -0.430. The van der Waals surface area contributed by atoms with Crippen molar-refractivity contribution >= 4 is 40.1 Å². The molecular weight excluding hydrogens is 409 g/mol. The number of amides is 1. The van der Waals surface area contributed by atoms with Crippen molar-refractivity contribution in [3.8, 4) is 5.75 Å². The lowest BCUT2D eigenvalue weighted by molar-refractivity contribution is -0.114. The Morgan fingerprint density at radius 1 is 1.29 bits per heavy atom. The average Bonchev–Trinajstić information content (AvgIpc) is 3.09. The number of hydrogen-bond donors (Lipinski definition) is 1. The first kappa shape index (κ1) is 19.7. The molecule has 8 nitrogen and oxygen atoms in total. The van der Waals surface area contributed by atoms with Gasteiger partial charge in [0, 0.05) is 13.0 Å². The molecule has 0 unspecified atom stereocenters. The molecule has 1 N–H and O–H groups in total. The zero-order valence-corrected chi connectivity index (χ0v) is 15.9. The van der Waals surface area contributed by atoms with E-state index in [1.54, 1.807) is 0 Å². The number of benzene rings is 1. The third-order valence-electron chi connectivity index (χ3n) is 3.16. The minimum absolute atomic E-state index is 0.103. The van der Waals surface area contributed by atoms with Crippen LogP contribution in [-0.4, -0.2) is 22.1 Å². The largest absolute Gasteiger partial charge is 0.464 e. The van der Waals surface area contributed by atoms with Crippen molar-refractivity contribution < 1.29 is 23.1 Å². The molecule has 0 aliphatic heterocycles. The third-order valence-corrected chi connectivity index (χ3v) is 5.16. The second-order valence-electron chi connectivity index (χ2n) is 5.31. The summed E-state index contributed by atoms with van der Waals surface area (Å²) in [6.45, 7) is 1.37. The van der Waals surface area contributed by atoms with Gasteiger partial charge in [0.25, 0.3) is 0 Å². The molecule has 28 heavy (non-hydrogen) atoms.